The van der Waals surface area contributed by atoms with Crippen LogP contribution >= 0.6 is 23.1 Å². The van der Waals surface area contributed by atoms with E-state index in [2.05, 4.69) is 28.5 Å². The van der Waals surface area contributed by atoms with Crippen molar-refractivity contribution < 1.29 is 9.53 Å². The van der Waals surface area contributed by atoms with E-state index < -0.39 is 5.60 Å². The molecule has 3 rings (SSSR count). The molecular weight excluding hydrogens is 342 g/mol. The van der Waals surface area contributed by atoms with Crippen molar-refractivity contribution in [2.24, 2.45) is 0 Å². The lowest BCUT2D eigenvalue weighted by Crippen LogP contribution is -2.36. The highest BCUT2D eigenvalue weighted by atomic mass is 32.2. The molecule has 1 aromatic heterocycles. The number of anilines is 1. The molecule has 1 aromatic carbocycles. The number of nitrogens with zero attached hydrogens (tertiary/aromatic N) is 2. The molecule has 1 atom stereocenters. The Hall–Kier alpha value is -1.47. The molecule has 1 fully saturated rings. The van der Waals surface area contributed by atoms with Gasteiger partial charge in [-0.15, -0.1) is 11.3 Å². The number of rotatable bonds is 3. The Labute approximate surface area is 150 Å². The molecule has 5 nitrogen and oxygen atoms in total. The summed E-state index contributed by atoms with van der Waals surface area (Å²) in [7, 11) is 0. The second-order valence-corrected chi connectivity index (χ2v) is 9.01. The molecule has 1 amide bonds. The van der Waals surface area contributed by atoms with Crippen molar-refractivity contribution >= 4 is 45.1 Å². The lowest BCUT2D eigenvalue weighted by atomic mass is 10.2. The fourth-order valence-corrected chi connectivity index (χ4v) is 4.22. The van der Waals surface area contributed by atoms with E-state index in [0.29, 0.717) is 6.54 Å². The van der Waals surface area contributed by atoms with Crippen LogP contribution in [0.25, 0.3) is 10.2 Å². The topological polar surface area (TPSA) is 54.5 Å². The molecule has 0 spiro atoms. The molecule has 1 saturated heterocycles. The highest BCUT2D eigenvalue weighted by Gasteiger charge is 2.29. The maximum atomic E-state index is 12.1. The largest absolute Gasteiger partial charge is 0.444 e. The van der Waals surface area contributed by atoms with Gasteiger partial charge >= 0.3 is 6.09 Å². The van der Waals surface area contributed by atoms with Gasteiger partial charge in [-0.3, -0.25) is 0 Å². The van der Waals surface area contributed by atoms with E-state index in [1.807, 2.05) is 27.0 Å². The van der Waals surface area contributed by atoms with Crippen molar-refractivity contribution in [2.45, 2.75) is 43.2 Å². The minimum absolute atomic E-state index is 0.227. The number of benzene rings is 1. The zero-order valence-electron chi connectivity index (χ0n) is 14.5. The zero-order valence-corrected chi connectivity index (χ0v) is 16.1. The van der Waals surface area contributed by atoms with E-state index in [1.165, 1.54) is 4.70 Å². The van der Waals surface area contributed by atoms with Gasteiger partial charge in [-0.2, -0.15) is 0 Å². The number of carbonyl (C=O) groups is 1. The number of fused-ring (bicyclic) bond motifs is 1. The van der Waals surface area contributed by atoms with Gasteiger partial charge in [0.15, 0.2) is 4.34 Å². The molecule has 2 heterocycles. The molecule has 1 N–H and O–H groups in total. The van der Waals surface area contributed by atoms with Crippen LogP contribution in [-0.2, 0) is 4.74 Å². The predicted molar refractivity (Wildman–Crippen MR) is 101 cm³/mol. The average Bonchev–Trinajstić information content (AvgIpc) is 3.11. The van der Waals surface area contributed by atoms with Crippen molar-refractivity contribution in [3.8, 4) is 0 Å². The zero-order chi connectivity index (χ0) is 17.3. The molecule has 7 heteroatoms. The first-order chi connectivity index (χ1) is 11.3. The summed E-state index contributed by atoms with van der Waals surface area (Å²) in [6.07, 6.45) is 2.74. The summed E-state index contributed by atoms with van der Waals surface area (Å²) in [6, 6.07) is 6.50. The average molecular weight is 366 g/mol. The summed E-state index contributed by atoms with van der Waals surface area (Å²) in [5.41, 5.74) is 1.67. The van der Waals surface area contributed by atoms with Crippen LogP contribution in [0.4, 0.5) is 10.5 Å². The highest BCUT2D eigenvalue weighted by Crippen LogP contribution is 2.30. The molecule has 2 aromatic rings. The predicted octanol–water partition coefficient (Wildman–Crippen LogP) is 4.44. The van der Waals surface area contributed by atoms with Gasteiger partial charge in [0.25, 0.3) is 0 Å². The molecule has 0 saturated carbocycles. The molecule has 0 radical (unpaired) electrons. The Morgan fingerprint density at radius 1 is 1.46 bits per heavy atom. The second-order valence-electron chi connectivity index (χ2n) is 6.92. The van der Waals surface area contributed by atoms with Crippen LogP contribution < -0.4 is 5.32 Å². The van der Waals surface area contributed by atoms with Crippen LogP contribution in [-0.4, -0.2) is 47.0 Å². The van der Waals surface area contributed by atoms with E-state index in [9.17, 15) is 4.79 Å². The monoisotopic (exact) mass is 365 g/mol. The van der Waals surface area contributed by atoms with Gasteiger partial charge < -0.3 is 15.0 Å². The Kier molecular flexibility index (Phi) is 4.92. The lowest BCUT2D eigenvalue weighted by Gasteiger charge is -2.24. The normalized spacial score (nSPS) is 18.2. The van der Waals surface area contributed by atoms with E-state index in [-0.39, 0.29) is 12.1 Å². The fraction of sp³-hybridized carbons (Fsp3) is 0.529. The molecule has 0 aliphatic carbocycles. The number of nitrogens with one attached hydrogen (secondary N) is 1. The maximum absolute atomic E-state index is 12.1. The number of likely N-dealkylation sites (tertiary alicyclic amines) is 1. The third-order valence-corrected chi connectivity index (χ3v) is 5.76. The van der Waals surface area contributed by atoms with Gasteiger partial charge in [-0.25, -0.2) is 9.78 Å². The Morgan fingerprint density at radius 2 is 2.25 bits per heavy atom. The Bertz CT molecular complexity index is 739. The number of carbonyl (C=O) groups excluding carboxylic acids is 1. The van der Waals surface area contributed by atoms with Crippen molar-refractivity contribution in [1.82, 2.24) is 9.88 Å². The van der Waals surface area contributed by atoms with E-state index in [1.54, 1.807) is 28.0 Å². The minimum atomic E-state index is -0.450. The van der Waals surface area contributed by atoms with Crippen LogP contribution in [0.3, 0.4) is 0 Å². The van der Waals surface area contributed by atoms with E-state index >= 15 is 0 Å². The number of ether oxygens (including phenoxy) is 1. The SMILES string of the molecule is CSc1nc2ccc(NC3CCN(C(=O)OC(C)(C)C)C3)cc2s1. The number of thiazole rings is 1. The third kappa shape index (κ3) is 4.13. The first-order valence-corrected chi connectivity index (χ1v) is 10.1. The molecular formula is C17H23N3O2S2. The fourth-order valence-electron chi connectivity index (χ4n) is 2.69. The number of aromatic nitrogens is 1. The first kappa shape index (κ1) is 17.4. The van der Waals surface area contributed by atoms with Crippen LogP contribution in [0, 0.1) is 0 Å². The van der Waals surface area contributed by atoms with E-state index in [0.717, 1.165) is 28.5 Å². The van der Waals surface area contributed by atoms with Crippen molar-refractivity contribution in [3.05, 3.63) is 18.2 Å². The molecule has 130 valence electrons. The molecule has 1 unspecified atom stereocenters. The van der Waals surface area contributed by atoms with Crippen molar-refractivity contribution in [3.63, 3.8) is 0 Å². The van der Waals surface area contributed by atoms with Gasteiger partial charge in [-0.1, -0.05) is 11.8 Å². The van der Waals surface area contributed by atoms with Crippen LogP contribution in [0.15, 0.2) is 22.5 Å². The van der Waals surface area contributed by atoms with Crippen LogP contribution in [0.2, 0.25) is 0 Å². The van der Waals surface area contributed by atoms with Gasteiger partial charge in [0.05, 0.1) is 10.2 Å². The standard InChI is InChI=1S/C17H23N3O2S2/c1-17(2,3)22-16(21)20-8-7-12(10-20)18-11-5-6-13-14(9-11)24-15(19-13)23-4/h5-6,9,12,18H,7-8,10H2,1-4H3. The quantitative estimate of drug-likeness (QED) is 0.815. The number of hydrogen-bond donors (Lipinski definition) is 1. The summed E-state index contributed by atoms with van der Waals surface area (Å²) in [4.78, 5) is 18.5. The second kappa shape index (κ2) is 6.80. The summed E-state index contributed by atoms with van der Waals surface area (Å²) in [5, 5.41) is 3.53. The Balaban J connectivity index is 1.62. The summed E-state index contributed by atoms with van der Waals surface area (Å²) in [6.45, 7) is 7.08. The third-order valence-electron chi connectivity index (χ3n) is 3.75. The molecule has 24 heavy (non-hydrogen) atoms. The molecule has 1 aliphatic heterocycles. The van der Waals surface area contributed by atoms with Gasteiger partial charge in [0.2, 0.25) is 0 Å². The number of thioether (sulfide) groups is 1. The van der Waals surface area contributed by atoms with Crippen molar-refractivity contribution in [2.75, 3.05) is 24.7 Å². The van der Waals surface area contributed by atoms with Gasteiger partial charge in [-0.05, 0) is 51.6 Å². The Morgan fingerprint density at radius 3 is 2.96 bits per heavy atom. The number of amides is 1. The first-order valence-electron chi connectivity index (χ1n) is 8.03. The maximum Gasteiger partial charge on any atom is 0.410 e. The van der Waals surface area contributed by atoms with Gasteiger partial charge in [0, 0.05) is 24.8 Å². The smallest absolute Gasteiger partial charge is 0.410 e. The molecule has 0 bridgehead atoms. The lowest BCUT2D eigenvalue weighted by molar-refractivity contribution is 0.0293. The number of hydrogen-bond acceptors (Lipinski definition) is 6. The van der Waals surface area contributed by atoms with Crippen LogP contribution in [0.5, 0.6) is 0 Å². The summed E-state index contributed by atoms with van der Waals surface area (Å²) in [5.74, 6) is 0. The van der Waals surface area contributed by atoms with Crippen molar-refractivity contribution in [1.29, 1.82) is 0 Å². The van der Waals surface area contributed by atoms with Crippen LogP contribution in [0.1, 0.15) is 27.2 Å². The van der Waals surface area contributed by atoms with E-state index in [4.69, 9.17) is 4.74 Å². The molecule has 1 aliphatic rings. The summed E-state index contributed by atoms with van der Waals surface area (Å²) >= 11 is 3.38. The van der Waals surface area contributed by atoms with Gasteiger partial charge in [0.1, 0.15) is 5.60 Å². The summed E-state index contributed by atoms with van der Waals surface area (Å²) < 4.78 is 7.71. The minimum Gasteiger partial charge on any atom is -0.444 e. The highest BCUT2D eigenvalue weighted by molar-refractivity contribution is 8.00.